The third-order valence-corrected chi connectivity index (χ3v) is 3.60. The van der Waals surface area contributed by atoms with Gasteiger partial charge in [-0.3, -0.25) is 4.79 Å². The van der Waals surface area contributed by atoms with Gasteiger partial charge in [0.1, 0.15) is 5.82 Å². The zero-order valence-corrected chi connectivity index (χ0v) is 11.8. The standard InChI is InChI=1S/C15H19FN2O3/c1-9(11-3-2-4-12(16)7-11)17-15(21)18-13(8-14(19)20)10-5-6-10/h2-4,7,9-10,13H,5-6,8H2,1H3,(H,19,20)(H2,17,18,21). The fraction of sp³-hybridized carbons (Fsp3) is 0.467. The molecular weight excluding hydrogens is 275 g/mol. The highest BCUT2D eigenvalue weighted by atomic mass is 19.1. The summed E-state index contributed by atoms with van der Waals surface area (Å²) in [6.07, 6.45) is 1.81. The summed E-state index contributed by atoms with van der Waals surface area (Å²) in [5, 5.41) is 14.3. The Labute approximate surface area is 122 Å². The van der Waals surface area contributed by atoms with Crippen LogP contribution in [0.5, 0.6) is 0 Å². The van der Waals surface area contributed by atoms with Crippen molar-refractivity contribution in [3.8, 4) is 0 Å². The molecule has 5 nitrogen and oxygen atoms in total. The molecule has 1 saturated carbocycles. The second-order valence-electron chi connectivity index (χ2n) is 5.44. The minimum absolute atomic E-state index is 0.0770. The summed E-state index contributed by atoms with van der Waals surface area (Å²) >= 11 is 0. The fourth-order valence-corrected chi connectivity index (χ4v) is 2.29. The van der Waals surface area contributed by atoms with Crippen LogP contribution in [0.15, 0.2) is 24.3 Å². The predicted molar refractivity (Wildman–Crippen MR) is 75.2 cm³/mol. The van der Waals surface area contributed by atoms with E-state index in [-0.39, 0.29) is 30.2 Å². The van der Waals surface area contributed by atoms with Crippen LogP contribution in [-0.2, 0) is 4.79 Å². The third kappa shape index (κ3) is 4.73. The van der Waals surface area contributed by atoms with Gasteiger partial charge in [0, 0.05) is 6.04 Å². The maximum atomic E-state index is 13.1. The summed E-state index contributed by atoms with van der Waals surface area (Å²) < 4.78 is 13.1. The third-order valence-electron chi connectivity index (χ3n) is 3.60. The lowest BCUT2D eigenvalue weighted by Gasteiger charge is -2.20. The highest BCUT2D eigenvalue weighted by Crippen LogP contribution is 2.34. The van der Waals surface area contributed by atoms with Crippen molar-refractivity contribution in [2.24, 2.45) is 5.92 Å². The molecular formula is C15H19FN2O3. The molecule has 2 rings (SSSR count). The summed E-state index contributed by atoms with van der Waals surface area (Å²) in [7, 11) is 0. The monoisotopic (exact) mass is 294 g/mol. The maximum absolute atomic E-state index is 13.1. The van der Waals surface area contributed by atoms with E-state index in [1.807, 2.05) is 0 Å². The molecule has 1 fully saturated rings. The van der Waals surface area contributed by atoms with Crippen LogP contribution in [0, 0.1) is 11.7 Å². The van der Waals surface area contributed by atoms with Gasteiger partial charge in [0.25, 0.3) is 0 Å². The molecule has 1 aromatic carbocycles. The minimum Gasteiger partial charge on any atom is -0.481 e. The summed E-state index contributed by atoms with van der Waals surface area (Å²) in [5.74, 6) is -1.04. The zero-order valence-electron chi connectivity index (χ0n) is 11.8. The van der Waals surface area contributed by atoms with Crippen LogP contribution >= 0.6 is 0 Å². The van der Waals surface area contributed by atoms with E-state index >= 15 is 0 Å². The smallest absolute Gasteiger partial charge is 0.315 e. The number of nitrogens with one attached hydrogen (secondary N) is 2. The molecule has 0 radical (unpaired) electrons. The molecule has 6 heteroatoms. The van der Waals surface area contributed by atoms with Gasteiger partial charge in [-0.2, -0.15) is 0 Å². The summed E-state index contributed by atoms with van der Waals surface area (Å²) in [6.45, 7) is 1.75. The average Bonchev–Trinajstić information content (AvgIpc) is 3.21. The first-order valence-corrected chi connectivity index (χ1v) is 7.00. The quantitative estimate of drug-likeness (QED) is 0.754. The maximum Gasteiger partial charge on any atom is 0.315 e. The summed E-state index contributed by atoms with van der Waals surface area (Å²) in [5.41, 5.74) is 0.659. The number of urea groups is 1. The van der Waals surface area contributed by atoms with Crippen molar-refractivity contribution < 1.29 is 19.1 Å². The number of hydrogen-bond donors (Lipinski definition) is 3. The number of hydrogen-bond acceptors (Lipinski definition) is 2. The van der Waals surface area contributed by atoms with Crippen LogP contribution in [-0.4, -0.2) is 23.1 Å². The van der Waals surface area contributed by atoms with Crippen LogP contribution in [0.4, 0.5) is 9.18 Å². The fourth-order valence-electron chi connectivity index (χ4n) is 2.29. The van der Waals surface area contributed by atoms with E-state index in [1.54, 1.807) is 19.1 Å². The first kappa shape index (κ1) is 15.3. The predicted octanol–water partition coefficient (Wildman–Crippen LogP) is 2.44. The lowest BCUT2D eigenvalue weighted by Crippen LogP contribution is -2.44. The van der Waals surface area contributed by atoms with E-state index in [4.69, 9.17) is 5.11 Å². The Balaban J connectivity index is 1.89. The molecule has 0 heterocycles. The molecule has 3 N–H and O–H groups in total. The van der Waals surface area contributed by atoms with Crippen molar-refractivity contribution >= 4 is 12.0 Å². The van der Waals surface area contributed by atoms with Crippen molar-refractivity contribution in [2.75, 3.05) is 0 Å². The van der Waals surface area contributed by atoms with Crippen LogP contribution in [0.2, 0.25) is 0 Å². The molecule has 0 bridgehead atoms. The minimum atomic E-state index is -0.926. The number of benzene rings is 1. The lowest BCUT2D eigenvalue weighted by molar-refractivity contribution is -0.137. The van der Waals surface area contributed by atoms with Crippen molar-refractivity contribution in [3.63, 3.8) is 0 Å². The topological polar surface area (TPSA) is 78.4 Å². The van der Waals surface area contributed by atoms with Crippen molar-refractivity contribution in [1.82, 2.24) is 10.6 Å². The summed E-state index contributed by atoms with van der Waals surface area (Å²) in [6, 6.07) is 4.88. The first-order chi connectivity index (χ1) is 9.95. The first-order valence-electron chi connectivity index (χ1n) is 7.00. The van der Waals surface area contributed by atoms with E-state index in [9.17, 15) is 14.0 Å². The molecule has 1 aromatic rings. The highest BCUT2D eigenvalue weighted by molar-refractivity contribution is 5.76. The molecule has 0 aliphatic heterocycles. The number of amides is 2. The van der Waals surface area contributed by atoms with Gasteiger partial charge in [0.2, 0.25) is 0 Å². The molecule has 0 saturated heterocycles. The van der Waals surface area contributed by atoms with E-state index < -0.39 is 12.0 Å². The van der Waals surface area contributed by atoms with E-state index in [2.05, 4.69) is 10.6 Å². The lowest BCUT2D eigenvalue weighted by atomic mass is 10.1. The molecule has 21 heavy (non-hydrogen) atoms. The zero-order chi connectivity index (χ0) is 15.4. The molecule has 0 spiro atoms. The Bertz CT molecular complexity index is 531. The molecule has 2 unspecified atom stereocenters. The Hall–Kier alpha value is -2.11. The van der Waals surface area contributed by atoms with Crippen LogP contribution in [0.25, 0.3) is 0 Å². The Morgan fingerprint density at radius 1 is 1.38 bits per heavy atom. The summed E-state index contributed by atoms with van der Waals surface area (Å²) in [4.78, 5) is 22.7. The average molecular weight is 294 g/mol. The molecule has 114 valence electrons. The second-order valence-corrected chi connectivity index (χ2v) is 5.44. The molecule has 1 aliphatic carbocycles. The highest BCUT2D eigenvalue weighted by Gasteiger charge is 2.33. The van der Waals surface area contributed by atoms with Gasteiger partial charge in [-0.1, -0.05) is 12.1 Å². The van der Waals surface area contributed by atoms with Crippen LogP contribution in [0.1, 0.15) is 37.8 Å². The van der Waals surface area contributed by atoms with Crippen LogP contribution in [0.3, 0.4) is 0 Å². The van der Waals surface area contributed by atoms with E-state index in [1.165, 1.54) is 12.1 Å². The molecule has 2 amide bonds. The normalized spacial score (nSPS) is 16.9. The van der Waals surface area contributed by atoms with Gasteiger partial charge in [-0.25, -0.2) is 9.18 Å². The van der Waals surface area contributed by atoms with Gasteiger partial charge < -0.3 is 15.7 Å². The second kappa shape index (κ2) is 6.56. The number of carboxylic acids is 1. The Kier molecular flexibility index (Phi) is 4.77. The number of carboxylic acid groups (broad SMARTS) is 1. The van der Waals surface area contributed by atoms with Gasteiger partial charge in [-0.15, -0.1) is 0 Å². The van der Waals surface area contributed by atoms with Crippen LogP contribution < -0.4 is 10.6 Å². The number of rotatable bonds is 6. The number of aliphatic carboxylic acids is 1. The largest absolute Gasteiger partial charge is 0.481 e. The molecule has 2 atom stereocenters. The van der Waals surface area contributed by atoms with Crippen molar-refractivity contribution in [1.29, 1.82) is 0 Å². The number of halogens is 1. The van der Waals surface area contributed by atoms with Crippen molar-refractivity contribution in [3.05, 3.63) is 35.6 Å². The molecule has 1 aliphatic rings. The van der Waals surface area contributed by atoms with Gasteiger partial charge in [-0.05, 0) is 43.4 Å². The SMILES string of the molecule is CC(NC(=O)NC(CC(=O)O)C1CC1)c1cccc(F)c1. The van der Waals surface area contributed by atoms with Gasteiger partial charge in [0.05, 0.1) is 12.5 Å². The molecule has 0 aromatic heterocycles. The van der Waals surface area contributed by atoms with Gasteiger partial charge in [0.15, 0.2) is 0 Å². The van der Waals surface area contributed by atoms with E-state index in [0.717, 1.165) is 12.8 Å². The number of carbonyl (C=O) groups excluding carboxylic acids is 1. The van der Waals surface area contributed by atoms with Crippen molar-refractivity contribution in [2.45, 2.75) is 38.3 Å². The van der Waals surface area contributed by atoms with E-state index in [0.29, 0.717) is 5.56 Å². The Morgan fingerprint density at radius 2 is 2.10 bits per heavy atom. The Morgan fingerprint density at radius 3 is 2.67 bits per heavy atom. The number of carbonyl (C=O) groups is 2. The van der Waals surface area contributed by atoms with Gasteiger partial charge >= 0.3 is 12.0 Å².